The van der Waals surface area contributed by atoms with Gasteiger partial charge in [-0.15, -0.1) is 0 Å². The van der Waals surface area contributed by atoms with Crippen molar-refractivity contribution in [1.29, 1.82) is 0 Å². The highest BCUT2D eigenvalue weighted by atomic mass is 35.5. The summed E-state index contributed by atoms with van der Waals surface area (Å²) in [5, 5.41) is 1.29. The maximum atomic E-state index is 11.6. The average molecular weight is 239 g/mol. The number of hydrogen-bond donors (Lipinski definition) is 0. The van der Waals surface area contributed by atoms with Gasteiger partial charge in [0.15, 0.2) is 0 Å². The first kappa shape index (κ1) is 11.0. The molecule has 0 N–H and O–H groups in total. The molecular weight excluding hydrogens is 228 g/mol. The summed E-state index contributed by atoms with van der Waals surface area (Å²) in [5.74, 6) is -0.353. The van der Waals surface area contributed by atoms with Gasteiger partial charge in [0.1, 0.15) is 10.8 Å². The minimum absolute atomic E-state index is 0.353. The van der Waals surface area contributed by atoms with Crippen LogP contribution in [0.1, 0.15) is 17.4 Å². The lowest BCUT2D eigenvalue weighted by Crippen LogP contribution is -2.09. The summed E-state index contributed by atoms with van der Waals surface area (Å²) in [6.45, 7) is 2.63. The average Bonchev–Trinajstić information content (AvgIpc) is 2.65. The Morgan fingerprint density at radius 2 is 2.31 bits per heavy atom. The Balaban J connectivity index is 2.71. The third kappa shape index (κ3) is 1.65. The summed E-state index contributed by atoms with van der Waals surface area (Å²) in [5.41, 5.74) is 1.41. The van der Waals surface area contributed by atoms with Crippen molar-refractivity contribution in [3.63, 3.8) is 0 Å². The van der Waals surface area contributed by atoms with Crippen LogP contribution in [0.2, 0.25) is 5.15 Å². The molecule has 84 valence electrons. The van der Waals surface area contributed by atoms with E-state index in [0.717, 1.165) is 10.9 Å². The van der Waals surface area contributed by atoms with Crippen LogP contribution >= 0.6 is 11.6 Å². The number of rotatable bonds is 2. The predicted octanol–water partition coefficient (Wildman–Crippen LogP) is 2.50. The lowest BCUT2D eigenvalue weighted by Gasteiger charge is -2.05. The molecule has 0 aromatic carbocycles. The van der Waals surface area contributed by atoms with Crippen LogP contribution in [0.15, 0.2) is 18.3 Å². The Kier molecular flexibility index (Phi) is 2.83. The van der Waals surface area contributed by atoms with Crippen LogP contribution in [0.4, 0.5) is 0 Å². The van der Waals surface area contributed by atoms with Crippen molar-refractivity contribution in [1.82, 2.24) is 9.55 Å². The van der Waals surface area contributed by atoms with Gasteiger partial charge in [-0.2, -0.15) is 0 Å². The van der Waals surface area contributed by atoms with E-state index in [1.807, 2.05) is 11.5 Å². The summed E-state index contributed by atoms with van der Waals surface area (Å²) < 4.78 is 6.58. The molecule has 0 saturated heterocycles. The predicted molar refractivity (Wildman–Crippen MR) is 61.8 cm³/mol. The number of aryl methyl sites for hydroxylation is 1. The molecule has 2 aromatic heterocycles. The normalized spacial score (nSPS) is 10.7. The van der Waals surface area contributed by atoms with Crippen LogP contribution in [-0.2, 0) is 11.3 Å². The third-order valence-electron chi connectivity index (χ3n) is 2.46. The van der Waals surface area contributed by atoms with E-state index in [0.29, 0.717) is 17.4 Å². The highest BCUT2D eigenvalue weighted by Gasteiger charge is 2.15. The molecule has 5 heteroatoms. The Hall–Kier alpha value is -1.55. The number of carbonyl (C=O) groups is 1. The van der Waals surface area contributed by atoms with E-state index in [4.69, 9.17) is 16.3 Å². The minimum Gasteiger partial charge on any atom is -0.464 e. The number of fused-ring (bicyclic) bond motifs is 1. The molecule has 2 heterocycles. The maximum absolute atomic E-state index is 11.6. The minimum atomic E-state index is -0.353. The number of carbonyl (C=O) groups excluding carboxylic acids is 1. The molecule has 0 unspecified atom stereocenters. The van der Waals surface area contributed by atoms with Gasteiger partial charge in [0.05, 0.1) is 12.6 Å². The van der Waals surface area contributed by atoms with Crippen molar-refractivity contribution in [2.24, 2.45) is 0 Å². The Bertz CT molecular complexity index is 548. The van der Waals surface area contributed by atoms with Crippen molar-refractivity contribution in [3.05, 3.63) is 29.2 Å². The van der Waals surface area contributed by atoms with Crippen LogP contribution < -0.4 is 0 Å². The second-order valence-electron chi connectivity index (χ2n) is 3.33. The fraction of sp³-hybridized carbons (Fsp3) is 0.273. The molecule has 0 aliphatic carbocycles. The summed E-state index contributed by atoms with van der Waals surface area (Å²) in [7, 11) is 1.37. The molecule has 0 bridgehead atoms. The SMILES string of the molecule is CCn1c(C(=O)OC)cc2cnc(Cl)cc21. The smallest absolute Gasteiger partial charge is 0.354 e. The van der Waals surface area contributed by atoms with Crippen molar-refractivity contribution >= 4 is 28.5 Å². The number of ether oxygens (including phenoxy) is 1. The fourth-order valence-electron chi connectivity index (χ4n) is 1.75. The van der Waals surface area contributed by atoms with Crippen molar-refractivity contribution in [2.45, 2.75) is 13.5 Å². The second-order valence-corrected chi connectivity index (χ2v) is 3.72. The Morgan fingerprint density at radius 3 is 2.94 bits per heavy atom. The molecule has 0 fully saturated rings. The number of esters is 1. The van der Waals surface area contributed by atoms with E-state index in [2.05, 4.69) is 4.98 Å². The summed E-state index contributed by atoms with van der Waals surface area (Å²) >= 11 is 5.83. The molecule has 0 aliphatic heterocycles. The van der Waals surface area contributed by atoms with E-state index < -0.39 is 0 Å². The number of nitrogens with zero attached hydrogens (tertiary/aromatic N) is 2. The fourth-order valence-corrected chi connectivity index (χ4v) is 1.90. The van der Waals surface area contributed by atoms with Gasteiger partial charge in [-0.1, -0.05) is 11.6 Å². The first-order chi connectivity index (χ1) is 7.67. The largest absolute Gasteiger partial charge is 0.464 e. The van der Waals surface area contributed by atoms with Gasteiger partial charge in [-0.3, -0.25) is 0 Å². The molecule has 16 heavy (non-hydrogen) atoms. The van der Waals surface area contributed by atoms with Crippen LogP contribution in [0, 0.1) is 0 Å². The topological polar surface area (TPSA) is 44.1 Å². The standard InChI is InChI=1S/C11H11ClN2O2/c1-3-14-8-5-10(12)13-6-7(8)4-9(14)11(15)16-2/h4-6H,3H2,1-2H3. The summed E-state index contributed by atoms with van der Waals surface area (Å²) in [6, 6.07) is 3.50. The summed E-state index contributed by atoms with van der Waals surface area (Å²) in [6.07, 6.45) is 1.65. The monoisotopic (exact) mass is 238 g/mol. The van der Waals surface area contributed by atoms with Gasteiger partial charge >= 0.3 is 5.97 Å². The zero-order valence-corrected chi connectivity index (χ0v) is 9.78. The van der Waals surface area contributed by atoms with Gasteiger partial charge in [0.25, 0.3) is 0 Å². The van der Waals surface area contributed by atoms with E-state index in [1.165, 1.54) is 7.11 Å². The van der Waals surface area contributed by atoms with Crippen molar-refractivity contribution < 1.29 is 9.53 Å². The van der Waals surface area contributed by atoms with Crippen molar-refractivity contribution in [3.8, 4) is 0 Å². The quantitative estimate of drug-likeness (QED) is 0.596. The molecular formula is C11H11ClN2O2. The third-order valence-corrected chi connectivity index (χ3v) is 2.67. The highest BCUT2D eigenvalue weighted by molar-refractivity contribution is 6.30. The number of halogens is 1. The van der Waals surface area contributed by atoms with Gasteiger partial charge in [0.2, 0.25) is 0 Å². The molecule has 0 spiro atoms. The molecule has 0 saturated carbocycles. The molecule has 0 aliphatic rings. The van der Waals surface area contributed by atoms with Crippen LogP contribution in [-0.4, -0.2) is 22.6 Å². The van der Waals surface area contributed by atoms with E-state index in [-0.39, 0.29) is 5.97 Å². The number of hydrogen-bond acceptors (Lipinski definition) is 3. The number of pyridine rings is 1. The van der Waals surface area contributed by atoms with Gasteiger partial charge < -0.3 is 9.30 Å². The Labute approximate surface area is 97.8 Å². The molecule has 2 rings (SSSR count). The lowest BCUT2D eigenvalue weighted by atomic mass is 10.3. The van der Waals surface area contributed by atoms with Gasteiger partial charge in [-0.25, -0.2) is 9.78 Å². The molecule has 0 radical (unpaired) electrons. The molecule has 4 nitrogen and oxygen atoms in total. The molecule has 0 atom stereocenters. The number of methoxy groups -OCH3 is 1. The zero-order valence-electron chi connectivity index (χ0n) is 9.03. The van der Waals surface area contributed by atoms with Crippen LogP contribution in [0.25, 0.3) is 10.9 Å². The number of aromatic nitrogens is 2. The van der Waals surface area contributed by atoms with Gasteiger partial charge in [0, 0.05) is 18.1 Å². The van der Waals surface area contributed by atoms with Crippen LogP contribution in [0.5, 0.6) is 0 Å². The maximum Gasteiger partial charge on any atom is 0.354 e. The van der Waals surface area contributed by atoms with E-state index in [9.17, 15) is 4.79 Å². The molecule has 2 aromatic rings. The van der Waals surface area contributed by atoms with Crippen molar-refractivity contribution in [2.75, 3.05) is 7.11 Å². The van der Waals surface area contributed by atoms with Crippen LogP contribution in [0.3, 0.4) is 0 Å². The first-order valence-electron chi connectivity index (χ1n) is 4.90. The second kappa shape index (κ2) is 4.14. The zero-order chi connectivity index (χ0) is 11.7. The van der Waals surface area contributed by atoms with Gasteiger partial charge in [-0.05, 0) is 19.1 Å². The lowest BCUT2D eigenvalue weighted by molar-refractivity contribution is 0.0589. The van der Waals surface area contributed by atoms with E-state index >= 15 is 0 Å². The molecule has 0 amide bonds. The highest BCUT2D eigenvalue weighted by Crippen LogP contribution is 2.22. The Morgan fingerprint density at radius 1 is 1.56 bits per heavy atom. The summed E-state index contributed by atoms with van der Waals surface area (Å²) in [4.78, 5) is 15.5. The first-order valence-corrected chi connectivity index (χ1v) is 5.28. The van der Waals surface area contributed by atoms with E-state index in [1.54, 1.807) is 18.3 Å².